The number of carbonyl (C=O) groups is 3. The van der Waals surface area contributed by atoms with Gasteiger partial charge in [-0.25, -0.2) is 14.4 Å². The van der Waals surface area contributed by atoms with Crippen LogP contribution in [0.1, 0.15) is 5.56 Å². The maximum absolute atomic E-state index is 11.4. The number of carboxylic acid groups (broad SMARTS) is 2. The maximum Gasteiger partial charge on any atom is 0.348 e. The molecule has 2 atom stereocenters. The van der Waals surface area contributed by atoms with Gasteiger partial charge in [0, 0.05) is 6.08 Å². The van der Waals surface area contributed by atoms with Crippen molar-refractivity contribution < 1.29 is 39.5 Å². The van der Waals surface area contributed by atoms with Crippen molar-refractivity contribution in [1.82, 2.24) is 0 Å². The second-order valence-electron chi connectivity index (χ2n) is 3.90. The van der Waals surface area contributed by atoms with E-state index in [2.05, 4.69) is 4.74 Å². The van der Waals surface area contributed by atoms with Gasteiger partial charge in [0.05, 0.1) is 0 Å². The molecule has 0 heterocycles. The van der Waals surface area contributed by atoms with Crippen LogP contribution >= 0.6 is 0 Å². The third-order valence-corrected chi connectivity index (χ3v) is 2.33. The van der Waals surface area contributed by atoms with Crippen LogP contribution in [0.3, 0.4) is 0 Å². The van der Waals surface area contributed by atoms with Crippen LogP contribution in [0.5, 0.6) is 5.75 Å². The number of hydrogen-bond acceptors (Lipinski definition) is 6. The number of hydrogen-bond donors (Lipinski definition) is 4. The smallest absolute Gasteiger partial charge is 0.348 e. The molecule has 4 N–H and O–H groups in total. The maximum atomic E-state index is 11.4. The summed E-state index contributed by atoms with van der Waals surface area (Å²) in [6.07, 6.45) is -2.43. The molecule has 0 amide bonds. The molecule has 0 radical (unpaired) electrons. The molecular formula is C13H12O8. The predicted octanol–water partition coefficient (Wildman–Crippen LogP) is -0.153. The molecule has 0 bridgehead atoms. The summed E-state index contributed by atoms with van der Waals surface area (Å²) in [7, 11) is 0. The molecule has 0 aliphatic carbocycles. The van der Waals surface area contributed by atoms with Gasteiger partial charge >= 0.3 is 17.9 Å². The molecule has 8 heteroatoms. The first-order valence-electron chi connectivity index (χ1n) is 5.62. The van der Waals surface area contributed by atoms with Crippen molar-refractivity contribution in [2.75, 3.05) is 0 Å². The standard InChI is InChI=1S/C13H12O8/c14-8-4-1-7(2-5-8)3-6-9(15)21-11(13(19)20)10(16)12(17)18/h1-6,10-11,14,16H,(H,17,18)(H,19,20)/b6-3+. The summed E-state index contributed by atoms with van der Waals surface area (Å²) >= 11 is 0. The van der Waals surface area contributed by atoms with E-state index in [0.29, 0.717) is 5.56 Å². The molecule has 1 rings (SSSR count). The molecule has 1 aromatic carbocycles. The zero-order valence-electron chi connectivity index (χ0n) is 10.5. The van der Waals surface area contributed by atoms with Crippen molar-refractivity contribution in [1.29, 1.82) is 0 Å². The van der Waals surface area contributed by atoms with Crippen molar-refractivity contribution in [3.8, 4) is 5.75 Å². The van der Waals surface area contributed by atoms with E-state index in [1.807, 2.05) is 0 Å². The summed E-state index contributed by atoms with van der Waals surface area (Å²) in [6.45, 7) is 0. The van der Waals surface area contributed by atoms with Crippen LogP contribution in [0.4, 0.5) is 0 Å². The number of aliphatic hydroxyl groups is 1. The second-order valence-corrected chi connectivity index (χ2v) is 3.90. The number of phenols is 1. The van der Waals surface area contributed by atoms with Gasteiger partial charge < -0.3 is 25.2 Å². The lowest BCUT2D eigenvalue weighted by molar-refractivity contribution is -0.176. The van der Waals surface area contributed by atoms with Crippen LogP contribution in [-0.4, -0.2) is 50.5 Å². The van der Waals surface area contributed by atoms with E-state index in [0.717, 1.165) is 6.08 Å². The first-order valence-corrected chi connectivity index (χ1v) is 5.62. The van der Waals surface area contributed by atoms with Crippen molar-refractivity contribution in [3.63, 3.8) is 0 Å². The van der Waals surface area contributed by atoms with Gasteiger partial charge in [-0.2, -0.15) is 0 Å². The number of aliphatic carboxylic acids is 2. The van der Waals surface area contributed by atoms with Crippen LogP contribution in [0, 0.1) is 0 Å². The van der Waals surface area contributed by atoms with E-state index < -0.39 is 30.1 Å². The van der Waals surface area contributed by atoms with Crippen LogP contribution in [0.15, 0.2) is 30.3 Å². The van der Waals surface area contributed by atoms with Crippen molar-refractivity contribution in [3.05, 3.63) is 35.9 Å². The molecule has 2 unspecified atom stereocenters. The zero-order valence-corrected chi connectivity index (χ0v) is 10.5. The largest absolute Gasteiger partial charge is 0.508 e. The van der Waals surface area contributed by atoms with Gasteiger partial charge in [-0.05, 0) is 23.8 Å². The van der Waals surface area contributed by atoms with Crippen molar-refractivity contribution in [2.45, 2.75) is 12.2 Å². The highest BCUT2D eigenvalue weighted by Gasteiger charge is 2.35. The molecule has 0 saturated carbocycles. The third-order valence-electron chi connectivity index (χ3n) is 2.33. The highest BCUT2D eigenvalue weighted by molar-refractivity contribution is 5.91. The summed E-state index contributed by atoms with van der Waals surface area (Å²) < 4.78 is 4.37. The SMILES string of the molecule is O=C(/C=C/c1ccc(O)cc1)OC(C(=O)O)C(O)C(=O)O. The molecule has 0 spiro atoms. The average molecular weight is 296 g/mol. The van der Waals surface area contributed by atoms with Gasteiger partial charge in [0.25, 0.3) is 0 Å². The van der Waals surface area contributed by atoms with Crippen molar-refractivity contribution >= 4 is 24.0 Å². The Labute approximate surface area is 118 Å². The van der Waals surface area contributed by atoms with E-state index in [4.69, 9.17) is 20.4 Å². The molecule has 21 heavy (non-hydrogen) atoms. The number of benzene rings is 1. The van der Waals surface area contributed by atoms with Crippen LogP contribution < -0.4 is 0 Å². The minimum atomic E-state index is -2.37. The minimum absolute atomic E-state index is 0.0326. The Hall–Kier alpha value is -2.87. The van der Waals surface area contributed by atoms with E-state index >= 15 is 0 Å². The fourth-order valence-corrected chi connectivity index (χ4v) is 1.29. The third kappa shape index (κ3) is 4.96. The lowest BCUT2D eigenvalue weighted by atomic mass is 10.2. The van der Waals surface area contributed by atoms with E-state index in [9.17, 15) is 14.4 Å². The Morgan fingerprint density at radius 1 is 1.05 bits per heavy atom. The first kappa shape index (κ1) is 16.2. The normalized spacial score (nSPS) is 13.6. The number of carbonyl (C=O) groups excluding carboxylic acids is 1. The molecule has 8 nitrogen and oxygen atoms in total. The van der Waals surface area contributed by atoms with E-state index in [1.165, 1.54) is 30.3 Å². The number of rotatable bonds is 6. The molecule has 0 aliphatic heterocycles. The number of esters is 1. The van der Waals surface area contributed by atoms with Crippen LogP contribution in [0.2, 0.25) is 0 Å². The fraction of sp³-hybridized carbons (Fsp3) is 0.154. The lowest BCUT2D eigenvalue weighted by Crippen LogP contribution is -2.42. The summed E-state index contributed by atoms with van der Waals surface area (Å²) in [5.41, 5.74) is 0.524. The van der Waals surface area contributed by atoms with Gasteiger partial charge in [0.1, 0.15) is 5.75 Å². The second kappa shape index (κ2) is 7.06. The molecule has 0 aromatic heterocycles. The molecule has 0 saturated heterocycles. The van der Waals surface area contributed by atoms with E-state index in [-0.39, 0.29) is 5.75 Å². The first-order chi connectivity index (χ1) is 9.81. The molecule has 1 aromatic rings. The molecule has 0 aliphatic rings. The monoisotopic (exact) mass is 296 g/mol. The van der Waals surface area contributed by atoms with Gasteiger partial charge in [-0.3, -0.25) is 0 Å². The molecule has 0 fully saturated rings. The summed E-state index contributed by atoms with van der Waals surface area (Å²) in [5.74, 6) is -4.70. The summed E-state index contributed by atoms with van der Waals surface area (Å²) in [6, 6.07) is 5.72. The molecule has 112 valence electrons. The Bertz CT molecular complexity index is 560. The Morgan fingerprint density at radius 2 is 1.62 bits per heavy atom. The van der Waals surface area contributed by atoms with Crippen LogP contribution in [0.25, 0.3) is 6.08 Å². The Balaban J connectivity index is 2.72. The van der Waals surface area contributed by atoms with Gasteiger partial charge in [-0.1, -0.05) is 12.1 Å². The highest BCUT2D eigenvalue weighted by Crippen LogP contribution is 2.11. The Kier molecular flexibility index (Phi) is 5.44. The summed E-state index contributed by atoms with van der Waals surface area (Å²) in [5, 5.41) is 35.4. The number of ether oxygens (including phenoxy) is 1. The topological polar surface area (TPSA) is 141 Å². The van der Waals surface area contributed by atoms with Crippen molar-refractivity contribution in [2.24, 2.45) is 0 Å². The number of carboxylic acids is 2. The highest BCUT2D eigenvalue weighted by atomic mass is 16.6. The Morgan fingerprint density at radius 3 is 2.10 bits per heavy atom. The number of phenolic OH excluding ortho intramolecular Hbond substituents is 1. The number of aliphatic hydroxyl groups excluding tert-OH is 1. The van der Waals surface area contributed by atoms with Gasteiger partial charge in [-0.15, -0.1) is 0 Å². The van der Waals surface area contributed by atoms with Gasteiger partial charge in [0.15, 0.2) is 6.10 Å². The van der Waals surface area contributed by atoms with Crippen LogP contribution in [-0.2, 0) is 19.1 Å². The fourth-order valence-electron chi connectivity index (χ4n) is 1.29. The average Bonchev–Trinajstić information content (AvgIpc) is 2.43. The minimum Gasteiger partial charge on any atom is -0.508 e. The zero-order chi connectivity index (χ0) is 16.0. The van der Waals surface area contributed by atoms with E-state index in [1.54, 1.807) is 0 Å². The number of aromatic hydroxyl groups is 1. The quantitative estimate of drug-likeness (QED) is 0.419. The van der Waals surface area contributed by atoms with Gasteiger partial charge in [0.2, 0.25) is 6.10 Å². The summed E-state index contributed by atoms with van der Waals surface area (Å²) in [4.78, 5) is 32.6. The lowest BCUT2D eigenvalue weighted by Gasteiger charge is -2.15. The predicted molar refractivity (Wildman–Crippen MR) is 68.3 cm³/mol. The molecular weight excluding hydrogens is 284 g/mol.